The summed E-state index contributed by atoms with van der Waals surface area (Å²) in [6.07, 6.45) is 0. The highest BCUT2D eigenvalue weighted by Gasteiger charge is 2.22. The van der Waals surface area contributed by atoms with E-state index in [2.05, 4.69) is 267 Å². The molecule has 0 amide bonds. The monoisotopic (exact) mass is 932 g/mol. The smallest absolute Gasteiger partial charge is 0.00201 e. The Kier molecular flexibility index (Phi) is 8.84. The zero-order valence-electron chi connectivity index (χ0n) is 40.4. The van der Waals surface area contributed by atoms with Crippen LogP contribution in [0.1, 0.15) is 0 Å². The maximum absolute atomic E-state index is 2.41. The van der Waals surface area contributed by atoms with Crippen LogP contribution in [0.25, 0.3) is 163 Å². The SMILES string of the molecule is c1ccc2c(c1)ccc1cc3cc(-c4c5ccccc5c(-c5ccc(-c6c7ccccc7c(-c7ccc8cc9c(ccc%10ccccc%109)cc8c7)c7ccccc67)c6ccccc56)c5ccccc45)ccc3cc12. The molecule has 0 spiro atoms. The van der Waals surface area contributed by atoms with Gasteiger partial charge in [-0.3, -0.25) is 0 Å². The molecule has 16 aromatic rings. The van der Waals surface area contributed by atoms with E-state index in [0.29, 0.717) is 0 Å². The molecule has 340 valence electrons. The van der Waals surface area contributed by atoms with Gasteiger partial charge in [-0.25, -0.2) is 0 Å². The van der Waals surface area contributed by atoms with Crippen LogP contribution in [0.5, 0.6) is 0 Å². The largest absolute Gasteiger partial charge is 0.0616 e. The minimum absolute atomic E-state index is 1.23. The van der Waals surface area contributed by atoms with Crippen LogP contribution in [0.3, 0.4) is 0 Å². The number of hydrogen-bond donors (Lipinski definition) is 0. The second-order valence-corrected chi connectivity index (χ2v) is 20.2. The molecule has 0 nitrogen and oxygen atoms in total. The van der Waals surface area contributed by atoms with Crippen LogP contribution in [0.2, 0.25) is 0 Å². The fourth-order valence-electron chi connectivity index (χ4n) is 13.0. The van der Waals surface area contributed by atoms with Gasteiger partial charge in [0, 0.05) is 0 Å². The van der Waals surface area contributed by atoms with Gasteiger partial charge in [-0.05, 0) is 199 Å². The van der Waals surface area contributed by atoms with Crippen molar-refractivity contribution in [3.63, 3.8) is 0 Å². The summed E-state index contributed by atoms with van der Waals surface area (Å²) in [4.78, 5) is 0. The van der Waals surface area contributed by atoms with E-state index in [1.807, 2.05) is 0 Å². The van der Waals surface area contributed by atoms with E-state index in [0.717, 1.165) is 0 Å². The molecule has 0 heteroatoms. The van der Waals surface area contributed by atoms with Gasteiger partial charge in [0.25, 0.3) is 0 Å². The Morgan fingerprint density at radius 3 is 0.784 bits per heavy atom. The molecule has 0 saturated heterocycles. The lowest BCUT2D eigenvalue weighted by molar-refractivity contribution is 1.67. The Labute approximate surface area is 427 Å². The van der Waals surface area contributed by atoms with Crippen molar-refractivity contribution in [2.75, 3.05) is 0 Å². The topological polar surface area (TPSA) is 0 Å². The van der Waals surface area contributed by atoms with Crippen LogP contribution >= 0.6 is 0 Å². The average Bonchev–Trinajstić information content (AvgIpc) is 3.46. The zero-order valence-corrected chi connectivity index (χ0v) is 40.4. The van der Waals surface area contributed by atoms with Crippen molar-refractivity contribution in [1.29, 1.82) is 0 Å². The summed E-state index contributed by atoms with van der Waals surface area (Å²) in [6.45, 7) is 0. The van der Waals surface area contributed by atoms with E-state index >= 15 is 0 Å². The van der Waals surface area contributed by atoms with Crippen LogP contribution in [0.15, 0.2) is 267 Å². The third-order valence-corrected chi connectivity index (χ3v) is 16.3. The first kappa shape index (κ1) is 41.0. The summed E-state index contributed by atoms with van der Waals surface area (Å²) in [5.74, 6) is 0. The molecule has 0 aliphatic heterocycles. The second-order valence-electron chi connectivity index (χ2n) is 20.2. The standard InChI is InChI=1S/C74H44/c1-3-17-55-45(15-1)29-33-49-39-53-41-51(35-31-47(53)43-69(49)55)71-59-21-7-11-25-63(59)73(64-26-12-8-22-60(64)71)67-37-38-68(58-20-6-5-19-57(58)67)74-65-27-13-9-23-61(65)72(62-24-10-14-28-66(62)74)52-36-32-48-44-70-50(40-54(48)42-52)34-30-46-16-2-4-18-56(46)70/h1-44H. The van der Waals surface area contributed by atoms with Gasteiger partial charge in [0.1, 0.15) is 0 Å². The first-order valence-electron chi connectivity index (χ1n) is 25.8. The normalized spacial score (nSPS) is 12.1. The summed E-state index contributed by atoms with van der Waals surface area (Å²) < 4.78 is 0. The number of fused-ring (bicyclic) bond motifs is 13. The van der Waals surface area contributed by atoms with E-state index in [4.69, 9.17) is 0 Å². The lowest BCUT2D eigenvalue weighted by Crippen LogP contribution is -1.94. The maximum atomic E-state index is 2.41. The van der Waals surface area contributed by atoms with Crippen LogP contribution in [0.4, 0.5) is 0 Å². The molecule has 0 heterocycles. The Morgan fingerprint density at radius 1 is 0.135 bits per heavy atom. The first-order chi connectivity index (χ1) is 36.7. The molecule has 0 aromatic heterocycles. The summed E-state index contributed by atoms with van der Waals surface area (Å²) >= 11 is 0. The van der Waals surface area contributed by atoms with Crippen molar-refractivity contribution in [2.24, 2.45) is 0 Å². The van der Waals surface area contributed by atoms with Gasteiger partial charge in [0.15, 0.2) is 0 Å². The van der Waals surface area contributed by atoms with Gasteiger partial charge < -0.3 is 0 Å². The van der Waals surface area contributed by atoms with Gasteiger partial charge in [-0.1, -0.05) is 231 Å². The van der Waals surface area contributed by atoms with Crippen molar-refractivity contribution >= 4 is 118 Å². The predicted molar refractivity (Wildman–Crippen MR) is 321 cm³/mol. The Balaban J connectivity index is 0.887. The fourth-order valence-corrected chi connectivity index (χ4v) is 13.0. The summed E-state index contributed by atoms with van der Waals surface area (Å²) in [6, 6.07) is 100. The van der Waals surface area contributed by atoms with Crippen LogP contribution in [0, 0.1) is 0 Å². The highest BCUT2D eigenvalue weighted by molar-refractivity contribution is 6.28. The lowest BCUT2D eigenvalue weighted by atomic mass is 9.81. The molecular weight excluding hydrogens is 889 g/mol. The molecule has 0 radical (unpaired) electrons. The first-order valence-corrected chi connectivity index (χ1v) is 25.8. The van der Waals surface area contributed by atoms with Gasteiger partial charge in [-0.15, -0.1) is 0 Å². The Bertz CT molecular complexity index is 4640. The minimum Gasteiger partial charge on any atom is -0.0616 e. The summed E-state index contributed by atoms with van der Waals surface area (Å²) in [7, 11) is 0. The van der Waals surface area contributed by atoms with Crippen LogP contribution in [-0.2, 0) is 0 Å². The third-order valence-electron chi connectivity index (χ3n) is 16.3. The zero-order chi connectivity index (χ0) is 48.4. The molecule has 0 unspecified atom stereocenters. The van der Waals surface area contributed by atoms with Crippen molar-refractivity contribution in [1.82, 2.24) is 0 Å². The van der Waals surface area contributed by atoms with Crippen molar-refractivity contribution < 1.29 is 0 Å². The minimum atomic E-state index is 1.23. The molecule has 0 aliphatic rings. The quantitative estimate of drug-likeness (QED) is 0.122. The molecular formula is C74H44. The van der Waals surface area contributed by atoms with Gasteiger partial charge in [0.2, 0.25) is 0 Å². The lowest BCUT2D eigenvalue weighted by Gasteiger charge is -2.21. The predicted octanol–water partition coefficient (Wildman–Crippen LogP) is 21.0. The molecule has 0 saturated carbocycles. The van der Waals surface area contributed by atoms with E-state index < -0.39 is 0 Å². The fraction of sp³-hybridized carbons (Fsp3) is 0. The molecule has 74 heavy (non-hydrogen) atoms. The molecule has 0 N–H and O–H groups in total. The van der Waals surface area contributed by atoms with Crippen molar-refractivity contribution in [2.45, 2.75) is 0 Å². The van der Waals surface area contributed by atoms with E-state index in [-0.39, 0.29) is 0 Å². The highest BCUT2D eigenvalue weighted by atomic mass is 14.3. The number of hydrogen-bond acceptors (Lipinski definition) is 0. The average molecular weight is 933 g/mol. The Hall–Kier alpha value is -9.62. The Morgan fingerprint density at radius 2 is 0.419 bits per heavy atom. The summed E-state index contributed by atoms with van der Waals surface area (Å²) in [5, 5.41) is 27.7. The maximum Gasteiger partial charge on any atom is -0.00201 e. The van der Waals surface area contributed by atoms with Gasteiger partial charge in [-0.2, -0.15) is 0 Å². The third kappa shape index (κ3) is 6.09. The number of rotatable bonds is 4. The van der Waals surface area contributed by atoms with E-state index in [9.17, 15) is 0 Å². The van der Waals surface area contributed by atoms with E-state index in [1.54, 1.807) is 0 Å². The molecule has 0 bridgehead atoms. The molecule has 16 aromatic carbocycles. The molecule has 16 rings (SSSR count). The van der Waals surface area contributed by atoms with Crippen molar-refractivity contribution in [3.05, 3.63) is 267 Å². The molecule has 0 atom stereocenters. The van der Waals surface area contributed by atoms with Crippen LogP contribution < -0.4 is 0 Å². The summed E-state index contributed by atoms with van der Waals surface area (Å²) in [5.41, 5.74) is 10.0. The molecule has 0 aliphatic carbocycles. The van der Waals surface area contributed by atoms with E-state index in [1.165, 1.54) is 163 Å². The van der Waals surface area contributed by atoms with Gasteiger partial charge >= 0.3 is 0 Å². The highest BCUT2D eigenvalue weighted by Crippen LogP contribution is 2.50. The second kappa shape index (κ2) is 15.9. The number of benzene rings is 16. The van der Waals surface area contributed by atoms with Gasteiger partial charge in [0.05, 0.1) is 0 Å². The molecule has 0 fully saturated rings. The van der Waals surface area contributed by atoms with Crippen molar-refractivity contribution in [3.8, 4) is 44.5 Å². The van der Waals surface area contributed by atoms with Crippen LogP contribution in [-0.4, -0.2) is 0 Å².